The summed E-state index contributed by atoms with van der Waals surface area (Å²) in [6.45, 7) is 4.23. The second-order valence-electron chi connectivity index (χ2n) is 4.96. The van der Waals surface area contributed by atoms with Crippen molar-refractivity contribution in [2.75, 3.05) is 0 Å². The van der Waals surface area contributed by atoms with Gasteiger partial charge in [-0.3, -0.25) is 10.1 Å². The van der Waals surface area contributed by atoms with Crippen molar-refractivity contribution in [3.05, 3.63) is 59.0 Å². The molecule has 112 valence electrons. The average molecular weight is 307 g/mol. The molecule has 0 spiro atoms. The maximum atomic E-state index is 12.0. The van der Waals surface area contributed by atoms with Crippen molar-refractivity contribution in [3.8, 4) is 0 Å². The van der Waals surface area contributed by atoms with E-state index in [0.29, 0.717) is 11.6 Å². The van der Waals surface area contributed by atoms with Crippen LogP contribution in [0.25, 0.3) is 0 Å². The van der Waals surface area contributed by atoms with Crippen LogP contribution in [0.2, 0.25) is 5.02 Å². The molecule has 0 saturated carbocycles. The highest BCUT2D eigenvalue weighted by Gasteiger charge is 2.16. The number of carbonyl (C=O) groups excluding carboxylic acids is 1. The van der Waals surface area contributed by atoms with Gasteiger partial charge in [-0.25, -0.2) is 0 Å². The van der Waals surface area contributed by atoms with Gasteiger partial charge in [0.05, 0.1) is 18.8 Å². The third kappa shape index (κ3) is 4.62. The van der Waals surface area contributed by atoms with Crippen molar-refractivity contribution in [2.24, 2.45) is 0 Å². The summed E-state index contributed by atoms with van der Waals surface area (Å²) in [4.78, 5) is 12.0. The zero-order chi connectivity index (χ0) is 15.2. The first-order valence-corrected chi connectivity index (χ1v) is 7.25. The van der Waals surface area contributed by atoms with E-state index in [1.54, 1.807) is 12.3 Å². The third-order valence-electron chi connectivity index (χ3n) is 3.26. The van der Waals surface area contributed by atoms with Crippen LogP contribution >= 0.6 is 11.6 Å². The summed E-state index contributed by atoms with van der Waals surface area (Å²) in [5.41, 5.74) is 1.05. The highest BCUT2D eigenvalue weighted by Crippen LogP contribution is 2.17. The van der Waals surface area contributed by atoms with Gasteiger partial charge in [0.1, 0.15) is 5.76 Å². The average Bonchev–Trinajstić information content (AvgIpc) is 2.97. The molecular weight excluding hydrogens is 288 g/mol. The molecule has 1 unspecified atom stereocenters. The molecule has 0 saturated heterocycles. The van der Waals surface area contributed by atoms with Gasteiger partial charge in [0.2, 0.25) is 5.91 Å². The van der Waals surface area contributed by atoms with Crippen molar-refractivity contribution < 1.29 is 9.21 Å². The van der Waals surface area contributed by atoms with Gasteiger partial charge in [0.25, 0.3) is 0 Å². The molecule has 2 rings (SSSR count). The Morgan fingerprint density at radius 1 is 1.29 bits per heavy atom. The normalized spacial score (nSPS) is 13.7. The molecule has 4 nitrogen and oxygen atoms in total. The van der Waals surface area contributed by atoms with Gasteiger partial charge in [-0.15, -0.1) is 0 Å². The van der Waals surface area contributed by atoms with E-state index in [4.69, 9.17) is 16.0 Å². The van der Waals surface area contributed by atoms with Gasteiger partial charge < -0.3 is 9.73 Å². The molecule has 0 fully saturated rings. The SMILES string of the molecule is CC(N[C@H](C)c1cccc(Cl)c1)C(=O)NCc1ccco1. The lowest BCUT2D eigenvalue weighted by molar-refractivity contribution is -0.123. The van der Waals surface area contributed by atoms with Crippen molar-refractivity contribution in [3.63, 3.8) is 0 Å². The zero-order valence-electron chi connectivity index (χ0n) is 12.1. The Labute approximate surface area is 129 Å². The van der Waals surface area contributed by atoms with Gasteiger partial charge in [-0.2, -0.15) is 0 Å². The Hall–Kier alpha value is -1.78. The van der Waals surface area contributed by atoms with Gasteiger partial charge >= 0.3 is 0 Å². The lowest BCUT2D eigenvalue weighted by Gasteiger charge is -2.20. The Morgan fingerprint density at radius 3 is 2.76 bits per heavy atom. The second kappa shape index (κ2) is 7.29. The summed E-state index contributed by atoms with van der Waals surface area (Å²) in [5, 5.41) is 6.77. The standard InChI is InChI=1S/C16H19ClN2O2/c1-11(13-5-3-6-14(17)9-13)19-12(2)16(20)18-10-15-7-4-8-21-15/h3-9,11-12,19H,10H2,1-2H3,(H,18,20)/t11-,12?/m1/s1. The first-order chi connectivity index (χ1) is 10.1. The van der Waals surface area contributed by atoms with Gasteiger partial charge in [-0.1, -0.05) is 23.7 Å². The highest BCUT2D eigenvalue weighted by molar-refractivity contribution is 6.30. The number of hydrogen-bond donors (Lipinski definition) is 2. The van der Waals surface area contributed by atoms with E-state index in [2.05, 4.69) is 10.6 Å². The topological polar surface area (TPSA) is 54.3 Å². The van der Waals surface area contributed by atoms with E-state index >= 15 is 0 Å². The largest absolute Gasteiger partial charge is 0.467 e. The Balaban J connectivity index is 1.85. The van der Waals surface area contributed by atoms with Crippen molar-refractivity contribution in [1.82, 2.24) is 10.6 Å². The number of halogens is 1. The predicted molar refractivity (Wildman–Crippen MR) is 83.0 cm³/mol. The van der Waals surface area contributed by atoms with Crippen LogP contribution in [-0.2, 0) is 11.3 Å². The summed E-state index contributed by atoms with van der Waals surface area (Å²) >= 11 is 5.98. The Kier molecular flexibility index (Phi) is 5.42. The van der Waals surface area contributed by atoms with E-state index in [1.165, 1.54) is 0 Å². The second-order valence-corrected chi connectivity index (χ2v) is 5.40. The summed E-state index contributed by atoms with van der Waals surface area (Å²) in [7, 11) is 0. The summed E-state index contributed by atoms with van der Waals surface area (Å²) in [5.74, 6) is 0.665. The molecule has 1 amide bonds. The van der Waals surface area contributed by atoms with Gasteiger partial charge in [-0.05, 0) is 43.7 Å². The monoisotopic (exact) mass is 306 g/mol. The number of rotatable bonds is 6. The number of hydrogen-bond acceptors (Lipinski definition) is 3. The van der Waals surface area contributed by atoms with Crippen molar-refractivity contribution in [1.29, 1.82) is 0 Å². The fourth-order valence-corrected chi connectivity index (χ4v) is 2.26. The molecule has 21 heavy (non-hydrogen) atoms. The molecule has 2 atom stereocenters. The number of carbonyl (C=O) groups is 1. The smallest absolute Gasteiger partial charge is 0.237 e. The minimum atomic E-state index is -0.311. The number of nitrogens with one attached hydrogen (secondary N) is 2. The van der Waals surface area contributed by atoms with Crippen LogP contribution in [0.3, 0.4) is 0 Å². The van der Waals surface area contributed by atoms with Crippen LogP contribution in [0, 0.1) is 0 Å². The number of amides is 1. The summed E-state index contributed by atoms with van der Waals surface area (Å²) in [6, 6.07) is 11.0. The first-order valence-electron chi connectivity index (χ1n) is 6.88. The molecule has 0 aliphatic rings. The molecule has 0 aliphatic heterocycles. The molecule has 5 heteroatoms. The van der Waals surface area contributed by atoms with Crippen LogP contribution in [0.1, 0.15) is 31.2 Å². The third-order valence-corrected chi connectivity index (χ3v) is 3.49. The maximum Gasteiger partial charge on any atom is 0.237 e. The molecular formula is C16H19ClN2O2. The highest BCUT2D eigenvalue weighted by atomic mass is 35.5. The van der Waals surface area contributed by atoms with Crippen LogP contribution in [0.4, 0.5) is 0 Å². The van der Waals surface area contributed by atoms with Gasteiger partial charge in [0.15, 0.2) is 0 Å². The molecule has 1 aromatic carbocycles. The van der Waals surface area contributed by atoms with Crippen LogP contribution in [0.5, 0.6) is 0 Å². The minimum Gasteiger partial charge on any atom is -0.467 e. The van der Waals surface area contributed by atoms with Crippen LogP contribution in [-0.4, -0.2) is 11.9 Å². The molecule has 0 radical (unpaired) electrons. The molecule has 2 N–H and O–H groups in total. The predicted octanol–water partition coefficient (Wildman–Crippen LogP) is 3.29. The summed E-state index contributed by atoms with van der Waals surface area (Å²) < 4.78 is 5.18. The van der Waals surface area contributed by atoms with E-state index in [1.807, 2.05) is 44.2 Å². The maximum absolute atomic E-state index is 12.0. The van der Waals surface area contributed by atoms with Gasteiger partial charge in [0, 0.05) is 11.1 Å². The Morgan fingerprint density at radius 2 is 2.10 bits per heavy atom. The zero-order valence-corrected chi connectivity index (χ0v) is 12.9. The first kappa shape index (κ1) is 15.6. The fraction of sp³-hybridized carbons (Fsp3) is 0.312. The minimum absolute atomic E-state index is 0.0352. The molecule has 0 bridgehead atoms. The van der Waals surface area contributed by atoms with E-state index in [-0.39, 0.29) is 18.0 Å². The quantitative estimate of drug-likeness (QED) is 0.861. The van der Waals surface area contributed by atoms with Crippen molar-refractivity contribution in [2.45, 2.75) is 32.5 Å². The van der Waals surface area contributed by atoms with Crippen LogP contribution in [0.15, 0.2) is 47.1 Å². The Bertz CT molecular complexity index is 584. The molecule has 1 aromatic heterocycles. The van der Waals surface area contributed by atoms with Crippen LogP contribution < -0.4 is 10.6 Å². The van der Waals surface area contributed by atoms with Crippen molar-refractivity contribution >= 4 is 17.5 Å². The van der Waals surface area contributed by atoms with E-state index in [0.717, 1.165) is 11.3 Å². The lowest BCUT2D eigenvalue weighted by Crippen LogP contribution is -2.42. The number of furan rings is 1. The summed E-state index contributed by atoms with van der Waals surface area (Å²) in [6.07, 6.45) is 1.59. The molecule has 0 aliphatic carbocycles. The fourth-order valence-electron chi connectivity index (χ4n) is 2.06. The number of benzene rings is 1. The molecule has 2 aromatic rings. The lowest BCUT2D eigenvalue weighted by atomic mass is 10.1. The van der Waals surface area contributed by atoms with E-state index < -0.39 is 0 Å². The van der Waals surface area contributed by atoms with E-state index in [9.17, 15) is 4.79 Å². The molecule has 1 heterocycles.